The van der Waals surface area contributed by atoms with Gasteiger partial charge >= 0.3 is 0 Å². The van der Waals surface area contributed by atoms with E-state index in [0.29, 0.717) is 10.9 Å². The number of aryl methyl sites for hydroxylation is 2. The Balaban J connectivity index is 1.50. The SMILES string of the molecule is CCc1cc2c(Br)cn(-c3cccc(C4(c5nncn5C)CC5(CC5)C4)c3)c(=O)c2[nH]1. The van der Waals surface area contributed by atoms with Gasteiger partial charge in [0.1, 0.15) is 17.7 Å². The molecule has 1 aromatic carbocycles. The Kier molecular flexibility index (Phi) is 3.94. The molecule has 0 radical (unpaired) electrons. The Morgan fingerprint density at radius 1 is 1.23 bits per heavy atom. The number of benzene rings is 1. The molecule has 0 unspecified atom stereocenters. The fourth-order valence-electron chi connectivity index (χ4n) is 5.53. The molecule has 0 aliphatic heterocycles. The Morgan fingerprint density at radius 3 is 2.71 bits per heavy atom. The lowest BCUT2D eigenvalue weighted by Gasteiger charge is -2.48. The van der Waals surface area contributed by atoms with Crippen molar-refractivity contribution < 1.29 is 0 Å². The maximum Gasteiger partial charge on any atom is 0.279 e. The lowest BCUT2D eigenvalue weighted by atomic mass is 9.56. The average Bonchev–Trinajstić information content (AvgIpc) is 3.20. The molecule has 7 heteroatoms. The van der Waals surface area contributed by atoms with Crippen LogP contribution in [0.5, 0.6) is 0 Å². The van der Waals surface area contributed by atoms with Crippen LogP contribution in [-0.2, 0) is 18.9 Å². The van der Waals surface area contributed by atoms with Crippen molar-refractivity contribution in [3.05, 3.63) is 74.8 Å². The topological polar surface area (TPSA) is 68.5 Å². The van der Waals surface area contributed by atoms with Crippen molar-refractivity contribution in [3.63, 3.8) is 0 Å². The minimum atomic E-state index is -0.134. The summed E-state index contributed by atoms with van der Waals surface area (Å²) in [6.07, 6.45) is 9.34. The summed E-state index contributed by atoms with van der Waals surface area (Å²) in [7, 11) is 2.02. The fraction of sp³-hybridized carbons (Fsp3) is 0.375. The molecule has 6 rings (SSSR count). The molecule has 2 aliphatic rings. The van der Waals surface area contributed by atoms with Crippen molar-refractivity contribution in [2.24, 2.45) is 12.5 Å². The van der Waals surface area contributed by atoms with Crippen molar-refractivity contribution in [2.45, 2.75) is 44.4 Å². The summed E-state index contributed by atoms with van der Waals surface area (Å²) in [4.78, 5) is 16.6. The molecule has 0 bridgehead atoms. The van der Waals surface area contributed by atoms with Crippen LogP contribution in [0.3, 0.4) is 0 Å². The second-order valence-corrected chi connectivity index (χ2v) is 10.2. The third-order valence-corrected chi connectivity index (χ3v) is 7.95. The number of nitrogens with zero attached hydrogens (tertiary/aromatic N) is 4. The van der Waals surface area contributed by atoms with Crippen molar-refractivity contribution in [3.8, 4) is 5.69 Å². The van der Waals surface area contributed by atoms with E-state index in [1.807, 2.05) is 29.9 Å². The van der Waals surface area contributed by atoms with E-state index in [1.165, 1.54) is 18.4 Å². The minimum absolute atomic E-state index is 0.0324. The molecule has 158 valence electrons. The first kappa shape index (κ1) is 19.0. The van der Waals surface area contributed by atoms with Gasteiger partial charge in [-0.05, 0) is 77.2 Å². The monoisotopic (exact) mass is 477 g/mol. The molecule has 3 heterocycles. The molecule has 1 spiro atoms. The van der Waals surface area contributed by atoms with E-state index in [9.17, 15) is 4.79 Å². The lowest BCUT2D eigenvalue weighted by Crippen LogP contribution is -2.45. The van der Waals surface area contributed by atoms with E-state index >= 15 is 0 Å². The lowest BCUT2D eigenvalue weighted by molar-refractivity contribution is 0.145. The minimum Gasteiger partial charge on any atom is -0.354 e. The molecular weight excluding hydrogens is 454 g/mol. The number of hydrogen-bond acceptors (Lipinski definition) is 3. The Hall–Kier alpha value is -2.67. The van der Waals surface area contributed by atoms with Crippen LogP contribution in [0.25, 0.3) is 16.6 Å². The quantitative estimate of drug-likeness (QED) is 0.465. The van der Waals surface area contributed by atoms with Gasteiger partial charge in [-0.15, -0.1) is 10.2 Å². The number of pyridine rings is 1. The molecule has 31 heavy (non-hydrogen) atoms. The first-order valence-electron chi connectivity index (χ1n) is 10.8. The number of fused-ring (bicyclic) bond motifs is 1. The molecule has 0 atom stereocenters. The van der Waals surface area contributed by atoms with Gasteiger partial charge < -0.3 is 9.55 Å². The van der Waals surface area contributed by atoms with E-state index in [-0.39, 0.29) is 11.0 Å². The standard InChI is InChI=1S/C24H24BrN5O/c1-3-16-10-18-19(25)11-30(21(31)20(18)27-16)17-6-4-5-15(9-17)24(12-23(13-24)7-8-23)22-28-26-14-29(22)2/h4-6,9-11,14,27H,3,7-8,12-13H2,1-2H3. The smallest absolute Gasteiger partial charge is 0.279 e. The van der Waals surface area contributed by atoms with Crippen LogP contribution in [-0.4, -0.2) is 24.3 Å². The average molecular weight is 478 g/mol. The zero-order valence-corrected chi connectivity index (χ0v) is 19.2. The first-order chi connectivity index (χ1) is 14.9. The van der Waals surface area contributed by atoms with Crippen LogP contribution in [0.2, 0.25) is 0 Å². The zero-order chi connectivity index (χ0) is 21.4. The summed E-state index contributed by atoms with van der Waals surface area (Å²) < 4.78 is 4.69. The molecule has 2 saturated carbocycles. The highest BCUT2D eigenvalue weighted by molar-refractivity contribution is 9.10. The van der Waals surface area contributed by atoms with Gasteiger partial charge in [0.05, 0.1) is 5.41 Å². The second kappa shape index (κ2) is 6.42. The van der Waals surface area contributed by atoms with E-state index in [0.717, 1.165) is 46.3 Å². The Bertz CT molecular complexity index is 1380. The number of rotatable bonds is 4. The summed E-state index contributed by atoms with van der Waals surface area (Å²) in [5.74, 6) is 1.02. The van der Waals surface area contributed by atoms with Crippen LogP contribution in [0, 0.1) is 5.41 Å². The summed E-state index contributed by atoms with van der Waals surface area (Å²) in [6.45, 7) is 2.08. The largest absolute Gasteiger partial charge is 0.354 e. The third-order valence-electron chi connectivity index (χ3n) is 7.31. The van der Waals surface area contributed by atoms with Crippen molar-refractivity contribution in [1.29, 1.82) is 0 Å². The number of nitrogens with one attached hydrogen (secondary N) is 1. The summed E-state index contributed by atoms with van der Waals surface area (Å²) >= 11 is 3.67. The molecule has 4 aromatic rings. The van der Waals surface area contributed by atoms with Gasteiger partial charge in [-0.1, -0.05) is 19.1 Å². The van der Waals surface area contributed by atoms with Crippen LogP contribution in [0.15, 0.2) is 52.1 Å². The van der Waals surface area contributed by atoms with Crippen molar-refractivity contribution >= 4 is 26.8 Å². The number of aromatic nitrogens is 5. The predicted octanol–water partition coefficient (Wildman–Crippen LogP) is 4.63. The zero-order valence-electron chi connectivity index (χ0n) is 17.7. The molecule has 0 amide bonds. The normalized spacial score (nSPS) is 18.4. The number of H-pyrrole nitrogens is 1. The maximum atomic E-state index is 13.3. The summed E-state index contributed by atoms with van der Waals surface area (Å²) in [5, 5.41) is 9.59. The molecule has 2 aliphatic carbocycles. The van der Waals surface area contributed by atoms with Crippen molar-refractivity contribution in [1.82, 2.24) is 24.3 Å². The van der Waals surface area contributed by atoms with Gasteiger partial charge in [0.25, 0.3) is 5.56 Å². The highest BCUT2D eigenvalue weighted by atomic mass is 79.9. The van der Waals surface area contributed by atoms with E-state index < -0.39 is 0 Å². The molecule has 2 fully saturated rings. The molecule has 1 N–H and O–H groups in total. The number of aromatic amines is 1. The van der Waals surface area contributed by atoms with Gasteiger partial charge in [-0.2, -0.15) is 0 Å². The molecule has 6 nitrogen and oxygen atoms in total. The van der Waals surface area contributed by atoms with E-state index in [4.69, 9.17) is 0 Å². The van der Waals surface area contributed by atoms with E-state index in [1.54, 1.807) is 10.9 Å². The Labute approximate surface area is 188 Å². The molecular formula is C24H24BrN5O. The van der Waals surface area contributed by atoms with Gasteiger partial charge in [0.15, 0.2) is 0 Å². The molecule has 3 aromatic heterocycles. The predicted molar refractivity (Wildman–Crippen MR) is 124 cm³/mol. The third kappa shape index (κ3) is 2.72. The highest BCUT2D eigenvalue weighted by Gasteiger charge is 2.63. The van der Waals surface area contributed by atoms with Crippen LogP contribution in [0.1, 0.15) is 49.7 Å². The number of halogens is 1. The van der Waals surface area contributed by atoms with Crippen LogP contribution in [0.4, 0.5) is 0 Å². The maximum absolute atomic E-state index is 13.3. The van der Waals surface area contributed by atoms with Crippen LogP contribution >= 0.6 is 15.9 Å². The first-order valence-corrected chi connectivity index (χ1v) is 11.6. The van der Waals surface area contributed by atoms with Gasteiger partial charge in [-0.3, -0.25) is 9.36 Å². The summed E-state index contributed by atoms with van der Waals surface area (Å²) in [6, 6.07) is 10.4. The second-order valence-electron chi connectivity index (χ2n) is 9.34. The van der Waals surface area contributed by atoms with E-state index in [2.05, 4.69) is 56.2 Å². The fourth-order valence-corrected chi connectivity index (χ4v) is 6.05. The highest BCUT2D eigenvalue weighted by Crippen LogP contribution is 2.70. The molecule has 0 saturated heterocycles. The van der Waals surface area contributed by atoms with Gasteiger partial charge in [0, 0.05) is 34.5 Å². The number of hydrogen-bond donors (Lipinski definition) is 1. The van der Waals surface area contributed by atoms with Crippen LogP contribution < -0.4 is 5.56 Å². The van der Waals surface area contributed by atoms with Gasteiger partial charge in [-0.25, -0.2) is 0 Å². The van der Waals surface area contributed by atoms with Gasteiger partial charge in [0.2, 0.25) is 0 Å². The van der Waals surface area contributed by atoms with Crippen molar-refractivity contribution in [2.75, 3.05) is 0 Å². The summed E-state index contributed by atoms with van der Waals surface area (Å²) in [5.41, 5.74) is 4.10. The Morgan fingerprint density at radius 2 is 2.03 bits per heavy atom.